The van der Waals surface area contributed by atoms with Crippen molar-refractivity contribution in [2.24, 2.45) is 0 Å². The van der Waals surface area contributed by atoms with Gasteiger partial charge in [0.25, 0.3) is 0 Å². The molecule has 142 valence electrons. The number of anilines is 3. The summed E-state index contributed by atoms with van der Waals surface area (Å²) in [7, 11) is 2.16. The maximum absolute atomic E-state index is 13.0. The molecule has 0 unspecified atom stereocenters. The molecule has 0 saturated carbocycles. The van der Waals surface area contributed by atoms with Gasteiger partial charge in [-0.15, -0.1) is 0 Å². The zero-order valence-electron chi connectivity index (χ0n) is 15.9. The van der Waals surface area contributed by atoms with Crippen LogP contribution in [0.2, 0.25) is 5.02 Å². The lowest BCUT2D eigenvalue weighted by Crippen LogP contribution is -2.44. The molecule has 27 heavy (non-hydrogen) atoms. The maximum Gasteiger partial charge on any atom is 0.329 e. The highest BCUT2D eigenvalue weighted by Gasteiger charge is 2.31. The lowest BCUT2D eigenvalue weighted by Gasteiger charge is -2.35. The van der Waals surface area contributed by atoms with Crippen molar-refractivity contribution < 1.29 is 4.79 Å². The third-order valence-corrected chi connectivity index (χ3v) is 5.75. The first-order chi connectivity index (χ1) is 13.0. The Morgan fingerprint density at radius 2 is 1.41 bits per heavy atom. The summed E-state index contributed by atoms with van der Waals surface area (Å²) < 4.78 is 0. The van der Waals surface area contributed by atoms with Gasteiger partial charge in [-0.2, -0.15) is 0 Å². The standard InChI is InChI=1S/C21H25ClN4O/c1-16-3-6-19(15-20(16)24-11-9-23(2)10-12-24)26-14-13-25(21(26)27)18-7-4-17(22)5-8-18/h3-8,15H,9-14H2,1-2H3. The highest BCUT2D eigenvalue weighted by Crippen LogP contribution is 2.31. The Labute approximate surface area is 165 Å². The number of piperazine rings is 1. The Bertz CT molecular complexity index is 831. The number of benzene rings is 2. The average molecular weight is 385 g/mol. The molecule has 2 aliphatic heterocycles. The van der Waals surface area contributed by atoms with Crippen LogP contribution < -0.4 is 14.7 Å². The normalized spacial score (nSPS) is 18.5. The van der Waals surface area contributed by atoms with Crippen LogP contribution in [-0.2, 0) is 0 Å². The van der Waals surface area contributed by atoms with Crippen molar-refractivity contribution in [1.29, 1.82) is 0 Å². The molecule has 0 atom stereocenters. The lowest BCUT2D eigenvalue weighted by molar-refractivity contribution is 0.256. The summed E-state index contributed by atoms with van der Waals surface area (Å²) in [5.74, 6) is 0. The number of amides is 2. The molecule has 4 rings (SSSR count). The van der Waals surface area contributed by atoms with E-state index in [0.717, 1.165) is 37.6 Å². The minimum Gasteiger partial charge on any atom is -0.369 e. The third kappa shape index (κ3) is 3.62. The molecule has 2 heterocycles. The SMILES string of the molecule is Cc1ccc(N2CCN(c3ccc(Cl)cc3)C2=O)cc1N1CCN(C)CC1. The van der Waals surface area contributed by atoms with E-state index in [1.165, 1.54) is 11.3 Å². The zero-order chi connectivity index (χ0) is 19.0. The Hall–Kier alpha value is -2.24. The molecular weight excluding hydrogens is 360 g/mol. The summed E-state index contributed by atoms with van der Waals surface area (Å²) >= 11 is 5.97. The summed E-state index contributed by atoms with van der Waals surface area (Å²) in [6, 6.07) is 13.8. The number of rotatable bonds is 3. The zero-order valence-corrected chi connectivity index (χ0v) is 16.6. The van der Waals surface area contributed by atoms with Crippen molar-refractivity contribution >= 4 is 34.7 Å². The fourth-order valence-electron chi connectivity index (χ4n) is 3.79. The number of aryl methyl sites for hydroxylation is 1. The summed E-state index contributed by atoms with van der Waals surface area (Å²) in [5.41, 5.74) is 4.34. The van der Waals surface area contributed by atoms with E-state index in [1.807, 2.05) is 34.1 Å². The molecule has 2 amide bonds. The Kier molecular flexibility index (Phi) is 4.98. The fourth-order valence-corrected chi connectivity index (χ4v) is 3.92. The van der Waals surface area contributed by atoms with Crippen LogP contribution in [0.4, 0.5) is 21.9 Å². The third-order valence-electron chi connectivity index (χ3n) is 5.50. The monoisotopic (exact) mass is 384 g/mol. The topological polar surface area (TPSA) is 30.0 Å². The first kappa shape index (κ1) is 18.1. The maximum atomic E-state index is 13.0. The van der Waals surface area contributed by atoms with Crippen LogP contribution in [0.3, 0.4) is 0 Å². The van der Waals surface area contributed by atoms with E-state index in [0.29, 0.717) is 18.1 Å². The molecule has 0 N–H and O–H groups in total. The quantitative estimate of drug-likeness (QED) is 0.805. The van der Waals surface area contributed by atoms with E-state index in [9.17, 15) is 4.79 Å². The molecule has 0 radical (unpaired) electrons. The number of carbonyl (C=O) groups is 1. The van der Waals surface area contributed by atoms with Crippen LogP contribution in [-0.4, -0.2) is 57.2 Å². The summed E-state index contributed by atoms with van der Waals surface area (Å²) in [6.07, 6.45) is 0. The Balaban J connectivity index is 1.56. The van der Waals surface area contributed by atoms with Crippen molar-refractivity contribution in [1.82, 2.24) is 4.90 Å². The average Bonchev–Trinajstić information content (AvgIpc) is 3.05. The number of hydrogen-bond donors (Lipinski definition) is 0. The van der Waals surface area contributed by atoms with E-state index >= 15 is 0 Å². The number of carbonyl (C=O) groups excluding carboxylic acids is 1. The van der Waals surface area contributed by atoms with Gasteiger partial charge in [0.1, 0.15) is 0 Å². The minimum absolute atomic E-state index is 0.0190. The van der Waals surface area contributed by atoms with E-state index in [4.69, 9.17) is 11.6 Å². The van der Waals surface area contributed by atoms with Crippen LogP contribution in [0.5, 0.6) is 0 Å². The number of urea groups is 1. The number of nitrogens with zero attached hydrogens (tertiary/aromatic N) is 4. The van der Waals surface area contributed by atoms with Crippen LogP contribution in [0.25, 0.3) is 0 Å². The second-order valence-corrected chi connectivity index (χ2v) is 7.76. The van der Waals surface area contributed by atoms with Gasteiger partial charge < -0.3 is 9.80 Å². The van der Waals surface area contributed by atoms with E-state index in [-0.39, 0.29) is 6.03 Å². The minimum atomic E-state index is 0.0190. The molecule has 2 saturated heterocycles. The van der Waals surface area contributed by atoms with Crippen molar-refractivity contribution in [3.63, 3.8) is 0 Å². The second-order valence-electron chi connectivity index (χ2n) is 7.32. The first-order valence-corrected chi connectivity index (χ1v) is 9.79. The van der Waals surface area contributed by atoms with Crippen LogP contribution in [0, 0.1) is 6.92 Å². The number of halogens is 1. The smallest absolute Gasteiger partial charge is 0.329 e. The van der Waals surface area contributed by atoms with Crippen LogP contribution in [0.1, 0.15) is 5.56 Å². The van der Waals surface area contributed by atoms with E-state index < -0.39 is 0 Å². The van der Waals surface area contributed by atoms with Crippen molar-refractivity contribution in [2.45, 2.75) is 6.92 Å². The largest absolute Gasteiger partial charge is 0.369 e. The van der Waals surface area contributed by atoms with Gasteiger partial charge in [0, 0.05) is 61.4 Å². The highest BCUT2D eigenvalue weighted by molar-refractivity contribution is 6.30. The second kappa shape index (κ2) is 7.41. The number of hydrogen-bond acceptors (Lipinski definition) is 3. The molecule has 6 heteroatoms. The summed E-state index contributed by atoms with van der Waals surface area (Å²) in [4.78, 5) is 21.5. The van der Waals surface area contributed by atoms with Gasteiger partial charge in [-0.25, -0.2) is 4.79 Å². The van der Waals surface area contributed by atoms with Crippen LogP contribution >= 0.6 is 11.6 Å². The van der Waals surface area contributed by atoms with Gasteiger partial charge in [0.2, 0.25) is 0 Å². The van der Waals surface area contributed by atoms with Gasteiger partial charge >= 0.3 is 6.03 Å². The van der Waals surface area contributed by atoms with Crippen molar-refractivity contribution in [3.05, 3.63) is 53.1 Å². The Morgan fingerprint density at radius 1 is 0.815 bits per heavy atom. The van der Waals surface area contributed by atoms with Gasteiger partial charge in [0.05, 0.1) is 0 Å². The molecule has 2 aliphatic rings. The molecule has 0 aliphatic carbocycles. The van der Waals surface area contributed by atoms with Gasteiger partial charge in [-0.1, -0.05) is 17.7 Å². The fraction of sp³-hybridized carbons (Fsp3) is 0.381. The van der Waals surface area contributed by atoms with E-state index in [1.54, 1.807) is 0 Å². The van der Waals surface area contributed by atoms with Gasteiger partial charge in [0.15, 0.2) is 0 Å². The molecule has 0 aromatic heterocycles. The molecule has 2 aromatic carbocycles. The van der Waals surface area contributed by atoms with Crippen molar-refractivity contribution in [2.75, 3.05) is 61.0 Å². The van der Waals surface area contributed by atoms with Gasteiger partial charge in [-0.3, -0.25) is 9.80 Å². The van der Waals surface area contributed by atoms with Crippen molar-refractivity contribution in [3.8, 4) is 0 Å². The highest BCUT2D eigenvalue weighted by atomic mass is 35.5. The summed E-state index contributed by atoms with van der Waals surface area (Å²) in [5, 5.41) is 0.678. The van der Waals surface area contributed by atoms with E-state index in [2.05, 4.69) is 42.0 Å². The molecule has 5 nitrogen and oxygen atoms in total. The van der Waals surface area contributed by atoms with Gasteiger partial charge in [-0.05, 0) is 55.9 Å². The number of likely N-dealkylation sites (N-methyl/N-ethyl adjacent to an activating group) is 1. The predicted octanol–water partition coefficient (Wildman–Crippen LogP) is 3.85. The summed E-state index contributed by atoms with van der Waals surface area (Å²) in [6.45, 7) is 7.68. The molecule has 2 aromatic rings. The lowest BCUT2D eigenvalue weighted by atomic mass is 10.1. The molecule has 0 bridgehead atoms. The molecule has 2 fully saturated rings. The first-order valence-electron chi connectivity index (χ1n) is 9.42. The predicted molar refractivity (Wildman–Crippen MR) is 112 cm³/mol. The Morgan fingerprint density at radius 3 is 2.07 bits per heavy atom. The molecule has 0 spiro atoms. The van der Waals surface area contributed by atoms with Crippen LogP contribution in [0.15, 0.2) is 42.5 Å². The molecular formula is C21H25ClN4O.